The van der Waals surface area contributed by atoms with Crippen LogP contribution >= 0.6 is 11.3 Å². The highest BCUT2D eigenvalue weighted by Crippen LogP contribution is 2.31. The van der Waals surface area contributed by atoms with E-state index in [1.54, 1.807) is 0 Å². The van der Waals surface area contributed by atoms with Crippen molar-refractivity contribution in [3.05, 3.63) is 28.2 Å². The molecule has 0 radical (unpaired) electrons. The molecule has 1 aromatic heterocycles. The molecule has 1 unspecified atom stereocenters. The van der Waals surface area contributed by atoms with E-state index in [1.165, 1.54) is 34.8 Å². The van der Waals surface area contributed by atoms with E-state index in [-0.39, 0.29) is 0 Å². The first kappa shape index (κ1) is 7.99. The number of hydrogen-bond donors (Lipinski definition) is 0. The Morgan fingerprint density at radius 1 is 1.58 bits per heavy atom. The first-order valence-corrected chi connectivity index (χ1v) is 5.24. The summed E-state index contributed by atoms with van der Waals surface area (Å²) in [6, 6.07) is 0. The average Bonchev–Trinajstić information content (AvgIpc) is 2.60. The lowest BCUT2D eigenvalue weighted by Crippen LogP contribution is -1.88. The Labute approximate surface area is 77.2 Å². The summed E-state index contributed by atoms with van der Waals surface area (Å²) in [5, 5.41) is 1.25. The smallest absolute Gasteiger partial charge is 0.0996 e. The minimum absolute atomic E-state index is 0.431. The van der Waals surface area contributed by atoms with Gasteiger partial charge in [-0.25, -0.2) is 4.98 Å². The van der Waals surface area contributed by atoms with Gasteiger partial charge in [0.05, 0.1) is 10.7 Å². The molecule has 1 atom stereocenters. The molecule has 1 heterocycles. The van der Waals surface area contributed by atoms with Crippen molar-refractivity contribution in [1.82, 2.24) is 4.98 Å². The predicted octanol–water partition coefficient (Wildman–Crippen LogP) is 2.92. The number of aryl methyl sites for hydroxylation is 2. The van der Waals surface area contributed by atoms with Crippen LogP contribution in [0.25, 0.3) is 0 Å². The second-order valence-corrected chi connectivity index (χ2v) is 4.42. The topological polar surface area (TPSA) is 12.9 Å². The van der Waals surface area contributed by atoms with Crippen LogP contribution in [0.3, 0.4) is 0 Å². The largest absolute Gasteiger partial charge is 0.245 e. The number of hydrogen-bond acceptors (Lipinski definition) is 2. The molecular formula is C10H13NS. The monoisotopic (exact) mass is 179 g/mol. The Morgan fingerprint density at radius 3 is 3.08 bits per heavy atom. The molecule has 0 saturated heterocycles. The quantitative estimate of drug-likeness (QED) is 0.636. The fourth-order valence-electron chi connectivity index (χ4n) is 1.51. The van der Waals surface area contributed by atoms with Gasteiger partial charge < -0.3 is 0 Å². The molecule has 0 aliphatic heterocycles. The van der Waals surface area contributed by atoms with E-state index in [9.17, 15) is 0 Å². The Hall–Kier alpha value is -0.630. The summed E-state index contributed by atoms with van der Waals surface area (Å²) in [6.07, 6.45) is 5.71. The van der Waals surface area contributed by atoms with Gasteiger partial charge in [0, 0.05) is 10.8 Å². The van der Waals surface area contributed by atoms with Crippen LogP contribution in [0.15, 0.2) is 12.7 Å². The molecule has 2 rings (SSSR count). The van der Waals surface area contributed by atoms with Gasteiger partial charge in [-0.1, -0.05) is 13.0 Å². The Morgan fingerprint density at radius 2 is 2.42 bits per heavy atom. The fraction of sp³-hybridized carbons (Fsp3) is 0.500. The van der Waals surface area contributed by atoms with E-state index >= 15 is 0 Å². The van der Waals surface area contributed by atoms with Crippen molar-refractivity contribution in [2.45, 2.75) is 32.1 Å². The maximum Gasteiger partial charge on any atom is 0.0996 e. The fourth-order valence-corrected chi connectivity index (χ4v) is 2.71. The van der Waals surface area contributed by atoms with Crippen molar-refractivity contribution in [1.29, 1.82) is 0 Å². The van der Waals surface area contributed by atoms with Crippen LogP contribution in [0.5, 0.6) is 0 Å². The summed E-state index contributed by atoms with van der Waals surface area (Å²) in [6.45, 7) is 5.94. The molecule has 1 nitrogen and oxygen atoms in total. The van der Waals surface area contributed by atoms with Crippen LogP contribution in [0.2, 0.25) is 0 Å². The number of allylic oxidation sites excluding steroid dienone is 1. The first-order valence-electron chi connectivity index (χ1n) is 4.42. The molecule has 0 bridgehead atoms. The number of nitrogens with zero attached hydrogens (tertiary/aromatic N) is 1. The molecule has 1 aromatic rings. The maximum absolute atomic E-state index is 4.61. The van der Waals surface area contributed by atoms with Crippen molar-refractivity contribution in [3.63, 3.8) is 0 Å². The highest BCUT2D eigenvalue weighted by molar-refractivity contribution is 7.11. The minimum Gasteiger partial charge on any atom is -0.245 e. The van der Waals surface area contributed by atoms with Crippen LogP contribution in [0, 0.1) is 0 Å². The van der Waals surface area contributed by atoms with Gasteiger partial charge in [-0.05, 0) is 19.3 Å². The summed E-state index contributed by atoms with van der Waals surface area (Å²) in [5.74, 6) is 0.431. The number of rotatable bonds is 2. The molecule has 12 heavy (non-hydrogen) atoms. The van der Waals surface area contributed by atoms with Crippen molar-refractivity contribution in [2.24, 2.45) is 0 Å². The summed E-state index contributed by atoms with van der Waals surface area (Å²) in [4.78, 5) is 6.12. The van der Waals surface area contributed by atoms with Crippen LogP contribution in [-0.4, -0.2) is 4.98 Å². The third-order valence-corrected chi connectivity index (χ3v) is 3.71. The number of thiazole rings is 1. The van der Waals surface area contributed by atoms with Gasteiger partial charge >= 0.3 is 0 Å². The zero-order valence-corrected chi connectivity index (χ0v) is 8.16. The first-order chi connectivity index (χ1) is 5.81. The zero-order valence-electron chi connectivity index (χ0n) is 7.34. The van der Waals surface area contributed by atoms with Gasteiger partial charge in [0.2, 0.25) is 0 Å². The third kappa shape index (κ3) is 1.20. The molecule has 1 aliphatic rings. The Balaban J connectivity index is 2.30. The molecule has 1 aliphatic carbocycles. The standard InChI is InChI=1S/C10H13NS/c1-3-7(2)10-11-8-5-4-6-9(8)12-10/h3,7H,1,4-6H2,2H3. The predicted molar refractivity (Wildman–Crippen MR) is 52.8 cm³/mol. The van der Waals surface area contributed by atoms with E-state index < -0.39 is 0 Å². The van der Waals surface area contributed by atoms with Crippen LogP contribution in [0.1, 0.15) is 34.8 Å². The summed E-state index contributed by atoms with van der Waals surface area (Å²) in [5.41, 5.74) is 1.35. The van der Waals surface area contributed by atoms with Gasteiger partial charge in [-0.2, -0.15) is 0 Å². The normalized spacial score (nSPS) is 17.4. The summed E-state index contributed by atoms with van der Waals surface area (Å²) in [7, 11) is 0. The lowest BCUT2D eigenvalue weighted by atomic mass is 10.2. The van der Waals surface area contributed by atoms with Crippen molar-refractivity contribution in [2.75, 3.05) is 0 Å². The van der Waals surface area contributed by atoms with Crippen LogP contribution in [-0.2, 0) is 12.8 Å². The van der Waals surface area contributed by atoms with Crippen LogP contribution in [0.4, 0.5) is 0 Å². The van der Waals surface area contributed by atoms with Gasteiger partial charge in [-0.3, -0.25) is 0 Å². The van der Waals surface area contributed by atoms with Crippen molar-refractivity contribution in [3.8, 4) is 0 Å². The third-order valence-electron chi connectivity index (χ3n) is 2.36. The maximum atomic E-state index is 4.61. The lowest BCUT2D eigenvalue weighted by molar-refractivity contribution is 0.875. The highest BCUT2D eigenvalue weighted by Gasteiger charge is 2.17. The van der Waals surface area contributed by atoms with Gasteiger partial charge in [0.1, 0.15) is 0 Å². The Bertz CT molecular complexity index is 279. The van der Waals surface area contributed by atoms with Gasteiger partial charge in [0.15, 0.2) is 0 Å². The lowest BCUT2D eigenvalue weighted by Gasteiger charge is -1.98. The van der Waals surface area contributed by atoms with Gasteiger partial charge in [-0.15, -0.1) is 17.9 Å². The molecule has 0 aromatic carbocycles. The van der Waals surface area contributed by atoms with Crippen molar-refractivity contribution >= 4 is 11.3 Å². The van der Waals surface area contributed by atoms with Gasteiger partial charge in [0.25, 0.3) is 0 Å². The summed E-state index contributed by atoms with van der Waals surface area (Å²) < 4.78 is 0. The zero-order chi connectivity index (χ0) is 8.55. The molecule has 0 amide bonds. The van der Waals surface area contributed by atoms with E-state index in [1.807, 2.05) is 17.4 Å². The second kappa shape index (κ2) is 3.02. The molecule has 0 N–H and O–H groups in total. The molecule has 0 fully saturated rings. The minimum atomic E-state index is 0.431. The number of aromatic nitrogens is 1. The highest BCUT2D eigenvalue weighted by atomic mass is 32.1. The van der Waals surface area contributed by atoms with E-state index in [4.69, 9.17) is 0 Å². The summed E-state index contributed by atoms with van der Waals surface area (Å²) >= 11 is 1.87. The molecule has 0 saturated carbocycles. The Kier molecular flexibility index (Phi) is 2.01. The second-order valence-electron chi connectivity index (χ2n) is 3.30. The van der Waals surface area contributed by atoms with E-state index in [2.05, 4.69) is 18.5 Å². The molecule has 2 heteroatoms. The molecule has 64 valence electrons. The number of fused-ring (bicyclic) bond motifs is 1. The average molecular weight is 179 g/mol. The van der Waals surface area contributed by atoms with Crippen LogP contribution < -0.4 is 0 Å². The molecular weight excluding hydrogens is 166 g/mol. The van der Waals surface area contributed by atoms with E-state index in [0.29, 0.717) is 5.92 Å². The SMILES string of the molecule is C=CC(C)c1nc2c(s1)CCC2. The molecule has 0 spiro atoms. The van der Waals surface area contributed by atoms with Crippen molar-refractivity contribution < 1.29 is 0 Å². The van der Waals surface area contributed by atoms with E-state index in [0.717, 1.165) is 0 Å².